The summed E-state index contributed by atoms with van der Waals surface area (Å²) in [5.74, 6) is 0.577. The van der Waals surface area contributed by atoms with Crippen molar-refractivity contribution in [1.29, 1.82) is 0 Å². The zero-order valence-electron chi connectivity index (χ0n) is 13.9. The lowest BCUT2D eigenvalue weighted by atomic mass is 10.0. The van der Waals surface area contributed by atoms with Crippen LogP contribution in [0.15, 0.2) is 53.3 Å². The molecule has 2 amide bonds. The molecular formula is C18H18BrN5O. The number of benzene rings is 2. The molecule has 25 heavy (non-hydrogen) atoms. The Hall–Kier alpha value is -2.67. The molecule has 0 spiro atoms. The minimum atomic E-state index is -0.422. The maximum Gasteiger partial charge on any atom is 0.320 e. The molecule has 0 fully saturated rings. The summed E-state index contributed by atoms with van der Waals surface area (Å²) in [7, 11) is 0. The summed E-state index contributed by atoms with van der Waals surface area (Å²) in [5.41, 5.74) is 3.97. The van der Waals surface area contributed by atoms with Crippen LogP contribution >= 0.6 is 15.9 Å². The summed E-state index contributed by atoms with van der Waals surface area (Å²) in [6, 6.07) is 12.7. The van der Waals surface area contributed by atoms with E-state index < -0.39 is 6.04 Å². The van der Waals surface area contributed by atoms with Crippen LogP contribution in [0.25, 0.3) is 0 Å². The predicted octanol–water partition coefficient (Wildman–Crippen LogP) is 4.10. The highest BCUT2D eigenvalue weighted by Crippen LogP contribution is 2.22. The van der Waals surface area contributed by atoms with Crippen LogP contribution in [0.5, 0.6) is 0 Å². The SMILES string of the molecule is Cc1ccc(C(NC(=O)Nc2cccc(Br)c2)c2ncn[nH]2)cc1C. The van der Waals surface area contributed by atoms with E-state index in [-0.39, 0.29) is 6.03 Å². The maximum absolute atomic E-state index is 12.5. The molecule has 2 aromatic carbocycles. The highest BCUT2D eigenvalue weighted by Gasteiger charge is 2.20. The van der Waals surface area contributed by atoms with Gasteiger partial charge < -0.3 is 10.6 Å². The third kappa shape index (κ3) is 4.24. The molecule has 0 aliphatic carbocycles. The minimum absolute atomic E-state index is 0.322. The lowest BCUT2D eigenvalue weighted by molar-refractivity contribution is 0.249. The molecule has 3 N–H and O–H groups in total. The minimum Gasteiger partial charge on any atom is -0.324 e. The van der Waals surface area contributed by atoms with Crippen molar-refractivity contribution in [3.05, 3.63) is 75.8 Å². The number of aryl methyl sites for hydroxylation is 2. The van der Waals surface area contributed by atoms with Crippen molar-refractivity contribution in [2.24, 2.45) is 0 Å². The average molecular weight is 400 g/mol. The Morgan fingerprint density at radius 2 is 2.00 bits per heavy atom. The molecule has 0 bridgehead atoms. The second-order valence-corrected chi connectivity index (χ2v) is 6.67. The number of amides is 2. The monoisotopic (exact) mass is 399 g/mol. The molecule has 1 unspecified atom stereocenters. The lowest BCUT2D eigenvalue weighted by Crippen LogP contribution is -2.33. The van der Waals surface area contributed by atoms with Crippen molar-refractivity contribution < 1.29 is 4.79 Å². The van der Waals surface area contributed by atoms with Gasteiger partial charge in [-0.2, -0.15) is 5.10 Å². The van der Waals surface area contributed by atoms with Crippen molar-refractivity contribution in [2.75, 3.05) is 5.32 Å². The number of nitrogens with one attached hydrogen (secondary N) is 3. The smallest absolute Gasteiger partial charge is 0.320 e. The second-order valence-electron chi connectivity index (χ2n) is 5.76. The molecule has 3 rings (SSSR count). The molecule has 0 saturated carbocycles. The van der Waals surface area contributed by atoms with Gasteiger partial charge in [-0.3, -0.25) is 5.10 Å². The fourth-order valence-corrected chi connectivity index (χ4v) is 2.87. The molecule has 6 nitrogen and oxygen atoms in total. The van der Waals surface area contributed by atoms with Gasteiger partial charge in [-0.25, -0.2) is 9.78 Å². The van der Waals surface area contributed by atoms with E-state index in [0.717, 1.165) is 15.6 Å². The molecule has 0 aliphatic heterocycles. The Balaban J connectivity index is 1.83. The van der Waals surface area contributed by atoms with Crippen LogP contribution in [0.3, 0.4) is 0 Å². The first kappa shape index (κ1) is 17.2. The number of aromatic nitrogens is 3. The number of hydrogen-bond donors (Lipinski definition) is 3. The zero-order valence-corrected chi connectivity index (χ0v) is 15.5. The molecule has 7 heteroatoms. The Morgan fingerprint density at radius 1 is 1.16 bits per heavy atom. The predicted molar refractivity (Wildman–Crippen MR) is 100 cm³/mol. The van der Waals surface area contributed by atoms with Crippen molar-refractivity contribution in [3.63, 3.8) is 0 Å². The number of carbonyl (C=O) groups is 1. The number of halogens is 1. The van der Waals surface area contributed by atoms with Crippen LogP contribution < -0.4 is 10.6 Å². The first-order chi connectivity index (χ1) is 12.0. The van der Waals surface area contributed by atoms with Crippen LogP contribution in [0.1, 0.15) is 28.6 Å². The summed E-state index contributed by atoms with van der Waals surface area (Å²) < 4.78 is 0.895. The largest absolute Gasteiger partial charge is 0.324 e. The first-order valence-electron chi connectivity index (χ1n) is 7.78. The fourth-order valence-electron chi connectivity index (χ4n) is 2.47. The normalized spacial score (nSPS) is 11.8. The van der Waals surface area contributed by atoms with Gasteiger partial charge in [0.15, 0.2) is 5.82 Å². The van der Waals surface area contributed by atoms with E-state index in [9.17, 15) is 4.79 Å². The van der Waals surface area contributed by atoms with Gasteiger partial charge in [0.25, 0.3) is 0 Å². The Morgan fingerprint density at radius 3 is 2.68 bits per heavy atom. The van der Waals surface area contributed by atoms with E-state index in [4.69, 9.17) is 0 Å². The number of rotatable bonds is 4. The number of H-pyrrole nitrogens is 1. The quantitative estimate of drug-likeness (QED) is 0.617. The van der Waals surface area contributed by atoms with E-state index in [1.54, 1.807) is 0 Å². The summed E-state index contributed by atoms with van der Waals surface area (Å²) in [4.78, 5) is 16.7. The van der Waals surface area contributed by atoms with E-state index in [1.165, 1.54) is 11.9 Å². The van der Waals surface area contributed by atoms with Crippen LogP contribution in [-0.2, 0) is 0 Å². The van der Waals surface area contributed by atoms with Crippen molar-refractivity contribution in [2.45, 2.75) is 19.9 Å². The Labute approximate surface area is 154 Å². The highest BCUT2D eigenvalue weighted by atomic mass is 79.9. The molecule has 1 aromatic heterocycles. The summed E-state index contributed by atoms with van der Waals surface area (Å²) in [6.07, 6.45) is 1.43. The van der Waals surface area contributed by atoms with Gasteiger partial charge in [0, 0.05) is 10.2 Å². The maximum atomic E-state index is 12.5. The number of hydrogen-bond acceptors (Lipinski definition) is 3. The van der Waals surface area contributed by atoms with Gasteiger partial charge in [-0.05, 0) is 48.7 Å². The molecular weight excluding hydrogens is 382 g/mol. The topological polar surface area (TPSA) is 82.7 Å². The second kappa shape index (κ2) is 7.48. The third-order valence-corrected chi connectivity index (χ3v) is 4.42. The molecule has 0 radical (unpaired) electrons. The van der Waals surface area contributed by atoms with Gasteiger partial charge in [-0.1, -0.05) is 40.2 Å². The summed E-state index contributed by atoms with van der Waals surface area (Å²) >= 11 is 3.39. The van der Waals surface area contributed by atoms with Gasteiger partial charge in [0.1, 0.15) is 12.4 Å². The van der Waals surface area contributed by atoms with Gasteiger partial charge in [0.05, 0.1) is 0 Å². The Bertz CT molecular complexity index is 879. The molecule has 3 aromatic rings. The van der Waals surface area contributed by atoms with E-state index in [1.807, 2.05) is 49.4 Å². The fraction of sp³-hybridized carbons (Fsp3) is 0.167. The van der Waals surface area contributed by atoms with Crippen molar-refractivity contribution >= 4 is 27.6 Å². The van der Waals surface area contributed by atoms with E-state index in [2.05, 4.69) is 48.7 Å². The molecule has 1 heterocycles. The van der Waals surface area contributed by atoms with Crippen molar-refractivity contribution in [1.82, 2.24) is 20.5 Å². The zero-order chi connectivity index (χ0) is 17.8. The number of anilines is 1. The summed E-state index contributed by atoms with van der Waals surface area (Å²) in [6.45, 7) is 4.09. The van der Waals surface area contributed by atoms with E-state index in [0.29, 0.717) is 11.5 Å². The van der Waals surface area contributed by atoms with Gasteiger partial charge >= 0.3 is 6.03 Å². The number of nitrogens with zero attached hydrogens (tertiary/aromatic N) is 2. The third-order valence-electron chi connectivity index (χ3n) is 3.93. The van der Waals surface area contributed by atoms with Crippen LogP contribution in [0, 0.1) is 13.8 Å². The van der Waals surface area contributed by atoms with Crippen LogP contribution in [0.2, 0.25) is 0 Å². The number of urea groups is 1. The average Bonchev–Trinajstić information content (AvgIpc) is 3.09. The number of carbonyl (C=O) groups excluding carboxylic acids is 1. The molecule has 1 atom stereocenters. The molecule has 128 valence electrons. The lowest BCUT2D eigenvalue weighted by Gasteiger charge is -2.18. The Kier molecular flexibility index (Phi) is 5.14. The summed E-state index contributed by atoms with van der Waals surface area (Å²) in [5, 5.41) is 12.5. The standard InChI is InChI=1S/C18H18BrN5O/c1-11-6-7-13(8-12(11)2)16(17-20-10-21-24-17)23-18(25)22-15-5-3-4-14(19)9-15/h3-10,16H,1-2H3,(H,20,21,24)(H2,22,23,25). The highest BCUT2D eigenvalue weighted by molar-refractivity contribution is 9.10. The van der Waals surface area contributed by atoms with Crippen LogP contribution in [-0.4, -0.2) is 21.2 Å². The molecule has 0 aliphatic rings. The number of aromatic amines is 1. The van der Waals surface area contributed by atoms with Gasteiger partial charge in [-0.15, -0.1) is 0 Å². The molecule has 0 saturated heterocycles. The van der Waals surface area contributed by atoms with Crippen LogP contribution in [0.4, 0.5) is 10.5 Å². The van der Waals surface area contributed by atoms with Gasteiger partial charge in [0.2, 0.25) is 0 Å². The first-order valence-corrected chi connectivity index (χ1v) is 8.58. The van der Waals surface area contributed by atoms with Crippen molar-refractivity contribution in [3.8, 4) is 0 Å². The van der Waals surface area contributed by atoms with E-state index >= 15 is 0 Å².